The van der Waals surface area contributed by atoms with Gasteiger partial charge in [-0.15, -0.1) is 0 Å². The Bertz CT molecular complexity index is 1000. The molecule has 0 aliphatic heterocycles. The summed E-state index contributed by atoms with van der Waals surface area (Å²) in [6, 6.07) is 34.4. The standard InChI is InChI=1S/C27H27NO/c1-29-26-16-15-24-13-8-14-25(27(24)19-26)17-18-28(20-22-9-4-2-5-10-22)21-23-11-6-3-7-12-23/h2-16,19H,17-18,20-21H2,1H3. The molecule has 0 amide bonds. The molecule has 0 heterocycles. The van der Waals surface area contributed by atoms with Gasteiger partial charge in [-0.05, 0) is 46.0 Å². The average molecular weight is 382 g/mol. The lowest BCUT2D eigenvalue weighted by Crippen LogP contribution is -2.25. The number of rotatable bonds is 8. The lowest BCUT2D eigenvalue weighted by atomic mass is 10.0. The van der Waals surface area contributed by atoms with Crippen LogP contribution in [0.1, 0.15) is 16.7 Å². The highest BCUT2D eigenvalue weighted by molar-refractivity contribution is 5.87. The van der Waals surface area contributed by atoms with Gasteiger partial charge in [0.15, 0.2) is 0 Å². The molecule has 0 fully saturated rings. The summed E-state index contributed by atoms with van der Waals surface area (Å²) in [5, 5.41) is 2.55. The van der Waals surface area contributed by atoms with Crippen LogP contribution in [-0.2, 0) is 19.5 Å². The van der Waals surface area contributed by atoms with E-state index in [0.29, 0.717) is 0 Å². The molecule has 0 bridgehead atoms. The second-order valence-corrected chi connectivity index (χ2v) is 7.44. The van der Waals surface area contributed by atoms with Gasteiger partial charge < -0.3 is 4.74 Å². The van der Waals surface area contributed by atoms with E-state index in [-0.39, 0.29) is 0 Å². The highest BCUT2D eigenvalue weighted by Gasteiger charge is 2.10. The summed E-state index contributed by atoms with van der Waals surface area (Å²) in [5.74, 6) is 0.912. The fourth-order valence-electron chi connectivity index (χ4n) is 3.84. The monoisotopic (exact) mass is 381 g/mol. The van der Waals surface area contributed by atoms with Crippen LogP contribution in [0.25, 0.3) is 10.8 Å². The Morgan fingerprint density at radius 1 is 0.690 bits per heavy atom. The summed E-state index contributed by atoms with van der Waals surface area (Å²) < 4.78 is 5.45. The minimum Gasteiger partial charge on any atom is -0.497 e. The number of benzene rings is 4. The van der Waals surface area contributed by atoms with Crippen LogP contribution in [0, 0.1) is 0 Å². The van der Waals surface area contributed by atoms with E-state index in [2.05, 4.69) is 95.9 Å². The Kier molecular flexibility index (Phi) is 6.23. The molecule has 4 rings (SSSR count). The lowest BCUT2D eigenvalue weighted by molar-refractivity contribution is 0.260. The molecule has 146 valence electrons. The number of ether oxygens (including phenoxy) is 1. The van der Waals surface area contributed by atoms with E-state index >= 15 is 0 Å². The quantitative estimate of drug-likeness (QED) is 0.366. The molecule has 0 atom stereocenters. The maximum Gasteiger partial charge on any atom is 0.119 e. The largest absolute Gasteiger partial charge is 0.497 e. The van der Waals surface area contributed by atoms with Gasteiger partial charge in [-0.3, -0.25) is 4.90 Å². The van der Waals surface area contributed by atoms with E-state index in [1.54, 1.807) is 7.11 Å². The average Bonchev–Trinajstić information content (AvgIpc) is 2.78. The third-order valence-electron chi connectivity index (χ3n) is 5.37. The zero-order valence-electron chi connectivity index (χ0n) is 16.9. The predicted molar refractivity (Wildman–Crippen MR) is 121 cm³/mol. The van der Waals surface area contributed by atoms with Crippen molar-refractivity contribution in [3.8, 4) is 5.75 Å². The summed E-state index contributed by atoms with van der Waals surface area (Å²) in [6.45, 7) is 2.90. The Morgan fingerprint density at radius 3 is 1.97 bits per heavy atom. The van der Waals surface area contributed by atoms with Crippen LogP contribution in [0.4, 0.5) is 0 Å². The zero-order valence-corrected chi connectivity index (χ0v) is 16.9. The van der Waals surface area contributed by atoms with Gasteiger partial charge in [0.25, 0.3) is 0 Å². The van der Waals surface area contributed by atoms with Crippen molar-refractivity contribution in [3.63, 3.8) is 0 Å². The van der Waals surface area contributed by atoms with Crippen molar-refractivity contribution in [2.24, 2.45) is 0 Å². The smallest absolute Gasteiger partial charge is 0.119 e. The number of hydrogen-bond acceptors (Lipinski definition) is 2. The summed E-state index contributed by atoms with van der Waals surface area (Å²) in [6.07, 6.45) is 1.00. The molecule has 0 spiro atoms. The van der Waals surface area contributed by atoms with E-state index in [9.17, 15) is 0 Å². The molecule has 0 aliphatic rings. The van der Waals surface area contributed by atoms with Gasteiger partial charge in [0.05, 0.1) is 7.11 Å². The number of hydrogen-bond donors (Lipinski definition) is 0. The molecule has 4 aromatic rings. The molecule has 0 radical (unpaired) electrons. The van der Waals surface area contributed by atoms with E-state index < -0.39 is 0 Å². The Balaban J connectivity index is 1.55. The predicted octanol–water partition coefficient (Wildman–Crippen LogP) is 6.09. The summed E-state index contributed by atoms with van der Waals surface area (Å²) in [7, 11) is 1.73. The van der Waals surface area contributed by atoms with Crippen LogP contribution in [0.5, 0.6) is 5.75 Å². The van der Waals surface area contributed by atoms with Crippen LogP contribution < -0.4 is 4.74 Å². The first-order valence-corrected chi connectivity index (χ1v) is 10.2. The Labute approximate surface area is 173 Å². The van der Waals surface area contributed by atoms with Crippen LogP contribution in [-0.4, -0.2) is 18.6 Å². The molecule has 2 nitrogen and oxygen atoms in total. The van der Waals surface area contributed by atoms with Gasteiger partial charge in [-0.2, -0.15) is 0 Å². The van der Waals surface area contributed by atoms with Crippen molar-refractivity contribution < 1.29 is 4.74 Å². The Morgan fingerprint density at radius 2 is 1.34 bits per heavy atom. The third-order valence-corrected chi connectivity index (χ3v) is 5.37. The summed E-state index contributed by atoms with van der Waals surface area (Å²) in [5.41, 5.74) is 4.07. The molecule has 4 aromatic carbocycles. The fraction of sp³-hybridized carbons (Fsp3) is 0.185. The third kappa shape index (κ3) is 5.04. The molecule has 0 unspecified atom stereocenters. The fourth-order valence-corrected chi connectivity index (χ4v) is 3.84. The molecule has 0 aliphatic carbocycles. The van der Waals surface area contributed by atoms with Gasteiger partial charge >= 0.3 is 0 Å². The minimum atomic E-state index is 0.912. The van der Waals surface area contributed by atoms with Crippen LogP contribution in [0.15, 0.2) is 97.1 Å². The van der Waals surface area contributed by atoms with Crippen LogP contribution in [0.3, 0.4) is 0 Å². The van der Waals surface area contributed by atoms with Crippen molar-refractivity contribution in [1.29, 1.82) is 0 Å². The first-order chi connectivity index (χ1) is 14.3. The molecule has 0 N–H and O–H groups in total. The zero-order chi connectivity index (χ0) is 19.9. The summed E-state index contributed by atoms with van der Waals surface area (Å²) >= 11 is 0. The van der Waals surface area contributed by atoms with Gasteiger partial charge in [0.1, 0.15) is 5.75 Å². The first kappa shape index (κ1) is 19.2. The summed E-state index contributed by atoms with van der Waals surface area (Å²) in [4.78, 5) is 2.53. The highest BCUT2D eigenvalue weighted by atomic mass is 16.5. The van der Waals surface area contributed by atoms with E-state index in [1.165, 1.54) is 27.5 Å². The molecule has 0 saturated heterocycles. The first-order valence-electron chi connectivity index (χ1n) is 10.2. The van der Waals surface area contributed by atoms with Crippen molar-refractivity contribution in [1.82, 2.24) is 4.90 Å². The molecule has 29 heavy (non-hydrogen) atoms. The van der Waals surface area contributed by atoms with Crippen molar-refractivity contribution >= 4 is 10.8 Å². The van der Waals surface area contributed by atoms with Gasteiger partial charge in [0, 0.05) is 19.6 Å². The maximum atomic E-state index is 5.45. The van der Waals surface area contributed by atoms with E-state index in [4.69, 9.17) is 4.74 Å². The van der Waals surface area contributed by atoms with E-state index in [0.717, 1.165) is 31.8 Å². The van der Waals surface area contributed by atoms with E-state index in [1.807, 2.05) is 6.07 Å². The molecule has 0 saturated carbocycles. The van der Waals surface area contributed by atoms with Crippen molar-refractivity contribution in [3.05, 3.63) is 114 Å². The molecule has 0 aromatic heterocycles. The minimum absolute atomic E-state index is 0.912. The SMILES string of the molecule is COc1ccc2cccc(CCN(Cc3ccccc3)Cc3ccccc3)c2c1. The Hall–Kier alpha value is -3.10. The second-order valence-electron chi connectivity index (χ2n) is 7.44. The molecular formula is C27H27NO. The number of fused-ring (bicyclic) bond motifs is 1. The van der Waals surface area contributed by atoms with Crippen molar-refractivity contribution in [2.75, 3.05) is 13.7 Å². The number of nitrogens with zero attached hydrogens (tertiary/aromatic N) is 1. The maximum absolute atomic E-state index is 5.45. The van der Waals surface area contributed by atoms with Crippen LogP contribution >= 0.6 is 0 Å². The van der Waals surface area contributed by atoms with Gasteiger partial charge in [-0.25, -0.2) is 0 Å². The second kappa shape index (κ2) is 9.40. The topological polar surface area (TPSA) is 12.5 Å². The van der Waals surface area contributed by atoms with Crippen molar-refractivity contribution in [2.45, 2.75) is 19.5 Å². The lowest BCUT2D eigenvalue weighted by Gasteiger charge is -2.23. The number of methoxy groups -OCH3 is 1. The molecular weight excluding hydrogens is 354 g/mol. The van der Waals surface area contributed by atoms with Gasteiger partial charge in [-0.1, -0.05) is 84.9 Å². The normalized spacial score (nSPS) is 11.1. The van der Waals surface area contributed by atoms with Crippen LogP contribution in [0.2, 0.25) is 0 Å². The highest BCUT2D eigenvalue weighted by Crippen LogP contribution is 2.25. The molecule has 2 heteroatoms. The van der Waals surface area contributed by atoms with Gasteiger partial charge in [0.2, 0.25) is 0 Å².